The fraction of sp³-hybridized carbons (Fsp3) is 0.0741. The van der Waals surface area contributed by atoms with Gasteiger partial charge in [0.1, 0.15) is 11.8 Å². The summed E-state index contributed by atoms with van der Waals surface area (Å²) < 4.78 is 5.66. The highest BCUT2D eigenvalue weighted by atomic mass is 35.5. The minimum absolute atomic E-state index is 0.238. The largest absolute Gasteiger partial charge is 0.467 e. The normalized spacial score (nSPS) is 15.5. The van der Waals surface area contributed by atoms with E-state index >= 15 is 0 Å². The van der Waals surface area contributed by atoms with Crippen LogP contribution in [0.25, 0.3) is 22.0 Å². The second kappa shape index (κ2) is 8.69. The first kappa shape index (κ1) is 21.6. The summed E-state index contributed by atoms with van der Waals surface area (Å²) in [5, 5.41) is 9.36. The molecule has 0 bridgehead atoms. The third kappa shape index (κ3) is 3.79. The van der Waals surface area contributed by atoms with Gasteiger partial charge in [0.05, 0.1) is 22.4 Å². The van der Waals surface area contributed by atoms with E-state index in [1.807, 2.05) is 53.9 Å². The minimum Gasteiger partial charge on any atom is -0.467 e. The van der Waals surface area contributed by atoms with E-state index in [9.17, 15) is 9.59 Å². The van der Waals surface area contributed by atoms with Gasteiger partial charge in [-0.2, -0.15) is 5.10 Å². The molecule has 0 radical (unpaired) electrons. The predicted octanol–water partition coefficient (Wildman–Crippen LogP) is 6.49. The van der Waals surface area contributed by atoms with Crippen molar-refractivity contribution < 1.29 is 9.21 Å². The van der Waals surface area contributed by atoms with Crippen LogP contribution in [0.15, 0.2) is 98.8 Å². The average Bonchev–Trinajstić information content (AvgIpc) is 3.65. The maximum Gasteiger partial charge on any atom is 0.284 e. The number of hydrogen-bond donors (Lipinski definition) is 1. The van der Waals surface area contributed by atoms with E-state index in [2.05, 4.69) is 4.98 Å². The molecule has 2 aromatic carbocycles. The Morgan fingerprint density at radius 1 is 1.06 bits per heavy atom. The fourth-order valence-corrected chi connectivity index (χ4v) is 5.34. The van der Waals surface area contributed by atoms with Crippen molar-refractivity contribution in [3.8, 4) is 11.1 Å². The van der Waals surface area contributed by atoms with Crippen LogP contribution in [0.4, 0.5) is 0 Å². The molecule has 5 aromatic rings. The first-order valence-electron chi connectivity index (χ1n) is 11.0. The van der Waals surface area contributed by atoms with Crippen molar-refractivity contribution in [3.05, 3.63) is 116 Å². The maximum absolute atomic E-state index is 13.5. The van der Waals surface area contributed by atoms with Crippen molar-refractivity contribution in [1.82, 2.24) is 9.99 Å². The Morgan fingerprint density at radius 3 is 2.66 bits per heavy atom. The highest BCUT2D eigenvalue weighted by Gasteiger charge is 2.37. The number of halogens is 1. The molecule has 6 nitrogen and oxygen atoms in total. The van der Waals surface area contributed by atoms with E-state index in [4.69, 9.17) is 21.1 Å². The summed E-state index contributed by atoms with van der Waals surface area (Å²) in [5.74, 6) is 0.369. The van der Waals surface area contributed by atoms with E-state index in [0.29, 0.717) is 38.9 Å². The molecule has 1 atom stereocenters. The number of fused-ring (bicyclic) bond motifs is 1. The predicted molar refractivity (Wildman–Crippen MR) is 138 cm³/mol. The molecule has 1 N–H and O–H groups in total. The zero-order chi connectivity index (χ0) is 23.9. The van der Waals surface area contributed by atoms with E-state index in [0.717, 1.165) is 16.5 Å². The Morgan fingerprint density at radius 2 is 1.91 bits per heavy atom. The number of carbonyl (C=O) groups is 1. The van der Waals surface area contributed by atoms with Gasteiger partial charge in [0, 0.05) is 27.9 Å². The van der Waals surface area contributed by atoms with Gasteiger partial charge in [-0.25, -0.2) is 5.01 Å². The van der Waals surface area contributed by atoms with Crippen LogP contribution in [0.1, 0.15) is 33.5 Å². The molecule has 1 aliphatic heterocycles. The van der Waals surface area contributed by atoms with Crippen molar-refractivity contribution in [2.24, 2.45) is 5.10 Å². The Hall–Kier alpha value is -3.94. The monoisotopic (exact) mass is 499 g/mol. The average molecular weight is 500 g/mol. The Kier molecular flexibility index (Phi) is 5.36. The lowest BCUT2D eigenvalue weighted by Crippen LogP contribution is -2.26. The second-order valence-corrected chi connectivity index (χ2v) is 9.55. The van der Waals surface area contributed by atoms with Gasteiger partial charge in [-0.3, -0.25) is 9.59 Å². The molecule has 0 saturated heterocycles. The van der Waals surface area contributed by atoms with Crippen LogP contribution in [0.5, 0.6) is 0 Å². The van der Waals surface area contributed by atoms with Crippen molar-refractivity contribution in [3.63, 3.8) is 0 Å². The minimum atomic E-state index is -0.465. The van der Waals surface area contributed by atoms with Crippen LogP contribution in [-0.4, -0.2) is 21.6 Å². The SMILES string of the molecule is O=C(c1cccs1)N1N=C(c2c(-c3ccccc3)c3cc(Cl)ccc3[nH]c2=O)CC1c1ccco1. The van der Waals surface area contributed by atoms with Crippen molar-refractivity contribution in [2.75, 3.05) is 0 Å². The number of benzene rings is 2. The molecule has 0 fully saturated rings. The Bertz CT molecular complexity index is 1620. The quantitative estimate of drug-likeness (QED) is 0.307. The molecule has 8 heteroatoms. The summed E-state index contributed by atoms with van der Waals surface area (Å²) >= 11 is 7.70. The number of aromatic nitrogens is 1. The van der Waals surface area contributed by atoms with Gasteiger partial charge in [0.2, 0.25) is 0 Å². The van der Waals surface area contributed by atoms with Gasteiger partial charge in [-0.1, -0.05) is 48.0 Å². The highest BCUT2D eigenvalue weighted by molar-refractivity contribution is 7.12. The molecule has 0 spiro atoms. The number of H-pyrrole nitrogens is 1. The van der Waals surface area contributed by atoms with E-state index in [1.54, 1.807) is 30.5 Å². The van der Waals surface area contributed by atoms with Crippen LogP contribution in [-0.2, 0) is 0 Å². The number of rotatable bonds is 4. The van der Waals surface area contributed by atoms with Crippen LogP contribution < -0.4 is 5.56 Å². The Balaban J connectivity index is 1.58. The van der Waals surface area contributed by atoms with Crippen molar-refractivity contribution in [1.29, 1.82) is 0 Å². The molecule has 172 valence electrons. The van der Waals surface area contributed by atoms with Gasteiger partial charge in [-0.05, 0) is 47.3 Å². The summed E-state index contributed by atoms with van der Waals surface area (Å²) in [6, 6.07) is 21.8. The third-order valence-electron chi connectivity index (χ3n) is 6.05. The molecule has 0 saturated carbocycles. The number of hydrogen-bond acceptors (Lipinski definition) is 5. The van der Waals surface area contributed by atoms with Crippen LogP contribution in [0.3, 0.4) is 0 Å². The molecule has 1 aliphatic rings. The lowest BCUT2D eigenvalue weighted by atomic mass is 9.92. The maximum atomic E-state index is 13.5. The van der Waals surface area contributed by atoms with Gasteiger partial charge >= 0.3 is 0 Å². The fourth-order valence-electron chi connectivity index (χ4n) is 4.51. The standard InChI is InChI=1S/C27H18ClN3O3S/c28-17-10-11-19-18(14-17)24(16-6-2-1-3-7-16)25(26(32)29-19)20-15-21(22-8-4-12-34-22)31(30-20)27(33)23-9-5-13-35-23/h1-14,21H,15H2,(H,29,32). The highest BCUT2D eigenvalue weighted by Crippen LogP contribution is 2.38. The van der Waals surface area contributed by atoms with Crippen LogP contribution in [0, 0.1) is 0 Å². The molecule has 3 aromatic heterocycles. The van der Waals surface area contributed by atoms with Gasteiger partial charge in [0.25, 0.3) is 11.5 Å². The van der Waals surface area contributed by atoms with Gasteiger partial charge < -0.3 is 9.40 Å². The number of amides is 1. The number of carbonyl (C=O) groups excluding carboxylic acids is 1. The first-order chi connectivity index (χ1) is 17.1. The number of pyridine rings is 1. The number of hydrazone groups is 1. The first-order valence-corrected chi connectivity index (χ1v) is 12.2. The third-order valence-corrected chi connectivity index (χ3v) is 7.14. The van der Waals surface area contributed by atoms with Crippen molar-refractivity contribution in [2.45, 2.75) is 12.5 Å². The topological polar surface area (TPSA) is 78.7 Å². The number of nitrogens with zero attached hydrogens (tertiary/aromatic N) is 2. The lowest BCUT2D eigenvalue weighted by Gasteiger charge is -2.19. The summed E-state index contributed by atoms with van der Waals surface area (Å²) in [6.07, 6.45) is 1.90. The van der Waals surface area contributed by atoms with E-state index in [-0.39, 0.29) is 11.5 Å². The molecule has 1 unspecified atom stereocenters. The number of nitrogens with one attached hydrogen (secondary N) is 1. The summed E-state index contributed by atoms with van der Waals surface area (Å²) in [7, 11) is 0. The van der Waals surface area contributed by atoms with Gasteiger partial charge in [0.15, 0.2) is 0 Å². The van der Waals surface area contributed by atoms with Crippen molar-refractivity contribution >= 4 is 45.5 Å². The summed E-state index contributed by atoms with van der Waals surface area (Å²) in [5.41, 5.74) is 2.92. The van der Waals surface area contributed by atoms with E-state index < -0.39 is 6.04 Å². The number of thiophene rings is 1. The van der Waals surface area contributed by atoms with Crippen LogP contribution in [0.2, 0.25) is 5.02 Å². The molecule has 1 amide bonds. The molecule has 4 heterocycles. The van der Waals surface area contributed by atoms with Crippen LogP contribution >= 0.6 is 22.9 Å². The molecular formula is C27H18ClN3O3S. The lowest BCUT2D eigenvalue weighted by molar-refractivity contribution is 0.0698. The Labute approximate surface area is 209 Å². The molecule has 6 rings (SSSR count). The number of aromatic amines is 1. The molecular weight excluding hydrogens is 482 g/mol. The van der Waals surface area contributed by atoms with Gasteiger partial charge in [-0.15, -0.1) is 11.3 Å². The zero-order valence-corrected chi connectivity index (χ0v) is 19.8. The summed E-state index contributed by atoms with van der Waals surface area (Å²) in [6.45, 7) is 0. The summed E-state index contributed by atoms with van der Waals surface area (Å²) in [4.78, 5) is 30.4. The second-order valence-electron chi connectivity index (χ2n) is 8.17. The smallest absolute Gasteiger partial charge is 0.284 e. The molecule has 35 heavy (non-hydrogen) atoms. The zero-order valence-electron chi connectivity index (χ0n) is 18.3. The molecule has 0 aliphatic carbocycles. The van der Waals surface area contributed by atoms with E-state index in [1.165, 1.54) is 16.3 Å². The number of furan rings is 1.